The number of nitro benzene ring substituents is 1. The van der Waals surface area contributed by atoms with Gasteiger partial charge in [-0.25, -0.2) is 0 Å². The summed E-state index contributed by atoms with van der Waals surface area (Å²) in [5.41, 5.74) is 1.17. The van der Waals surface area contributed by atoms with Gasteiger partial charge in [-0.15, -0.1) is 5.11 Å². The molecule has 162 valence electrons. The summed E-state index contributed by atoms with van der Waals surface area (Å²) < 4.78 is 0. The van der Waals surface area contributed by atoms with Crippen LogP contribution in [0.4, 0.5) is 11.4 Å². The Balaban J connectivity index is 2.04. The molecule has 2 atom stereocenters. The maximum Gasteiger partial charge on any atom is 0.296 e. The van der Waals surface area contributed by atoms with Gasteiger partial charge in [-0.2, -0.15) is 5.11 Å². The fourth-order valence-electron chi connectivity index (χ4n) is 3.73. The van der Waals surface area contributed by atoms with Gasteiger partial charge >= 0.3 is 0 Å². The second kappa shape index (κ2) is 12.7. The van der Waals surface area contributed by atoms with Gasteiger partial charge in [0.05, 0.1) is 11.0 Å². The normalized spacial score (nSPS) is 13.4. The standard InChI is InChI=1S/C24H33N3O3/c1-3-4-5-6-7-8-13-20(21-14-9-12-17-24(21)28)18-19(2)25-26-22-15-10-11-16-23(22)27(29)30/h9-12,14-17,19-20,28H,3-8,13,18H2,1-2H3. The van der Waals surface area contributed by atoms with E-state index >= 15 is 0 Å². The molecule has 1 N–H and O–H groups in total. The first-order valence-corrected chi connectivity index (χ1v) is 10.9. The van der Waals surface area contributed by atoms with Gasteiger partial charge < -0.3 is 5.11 Å². The van der Waals surface area contributed by atoms with Crippen LogP contribution in [-0.2, 0) is 0 Å². The minimum Gasteiger partial charge on any atom is -0.508 e. The average Bonchev–Trinajstić information content (AvgIpc) is 2.74. The van der Waals surface area contributed by atoms with Gasteiger partial charge in [0.15, 0.2) is 5.69 Å². The number of hydrogen-bond acceptors (Lipinski definition) is 5. The van der Waals surface area contributed by atoms with E-state index in [0.717, 1.165) is 24.8 Å². The molecule has 2 aromatic rings. The number of rotatable bonds is 13. The van der Waals surface area contributed by atoms with Crippen LogP contribution in [0.3, 0.4) is 0 Å². The van der Waals surface area contributed by atoms with Crippen LogP contribution in [0.2, 0.25) is 0 Å². The zero-order chi connectivity index (χ0) is 21.8. The van der Waals surface area contributed by atoms with Crippen molar-refractivity contribution in [3.05, 3.63) is 64.2 Å². The maximum absolute atomic E-state index is 11.2. The van der Waals surface area contributed by atoms with Gasteiger partial charge in [0.25, 0.3) is 5.69 Å². The van der Waals surface area contributed by atoms with Crippen molar-refractivity contribution in [2.24, 2.45) is 10.2 Å². The highest BCUT2D eigenvalue weighted by atomic mass is 16.6. The lowest BCUT2D eigenvalue weighted by molar-refractivity contribution is -0.384. The Bertz CT molecular complexity index is 823. The second-order valence-electron chi connectivity index (χ2n) is 7.86. The minimum absolute atomic E-state index is 0.0437. The molecule has 0 amide bonds. The van der Waals surface area contributed by atoms with E-state index in [1.807, 2.05) is 25.1 Å². The summed E-state index contributed by atoms with van der Waals surface area (Å²) in [4.78, 5) is 10.7. The minimum atomic E-state index is -0.442. The third-order valence-electron chi connectivity index (χ3n) is 5.35. The summed E-state index contributed by atoms with van der Waals surface area (Å²) in [5, 5.41) is 30.0. The molecular weight excluding hydrogens is 378 g/mol. The van der Waals surface area contributed by atoms with Crippen molar-refractivity contribution in [2.45, 2.75) is 77.2 Å². The lowest BCUT2D eigenvalue weighted by Crippen LogP contribution is -2.08. The number of unbranched alkanes of at least 4 members (excludes halogenated alkanes) is 5. The molecule has 0 aliphatic carbocycles. The molecule has 0 saturated heterocycles. The van der Waals surface area contributed by atoms with Crippen molar-refractivity contribution in [2.75, 3.05) is 0 Å². The van der Waals surface area contributed by atoms with Crippen molar-refractivity contribution < 1.29 is 10.0 Å². The summed E-state index contributed by atoms with van der Waals surface area (Å²) in [5.74, 6) is 0.494. The first-order chi connectivity index (χ1) is 14.5. The van der Waals surface area contributed by atoms with Crippen LogP contribution in [0.5, 0.6) is 5.75 Å². The molecule has 0 heterocycles. The number of phenols is 1. The number of phenolic OH excluding ortho intramolecular Hbond substituents is 1. The van der Waals surface area contributed by atoms with E-state index in [2.05, 4.69) is 17.2 Å². The lowest BCUT2D eigenvalue weighted by Gasteiger charge is -2.20. The van der Waals surface area contributed by atoms with Crippen LogP contribution in [0.25, 0.3) is 0 Å². The van der Waals surface area contributed by atoms with Crippen LogP contribution in [0.1, 0.15) is 76.7 Å². The Kier molecular flexibility index (Phi) is 9.98. The molecule has 0 aliphatic rings. The van der Waals surface area contributed by atoms with E-state index in [4.69, 9.17) is 0 Å². The summed E-state index contributed by atoms with van der Waals surface area (Å²) in [7, 11) is 0. The highest BCUT2D eigenvalue weighted by Crippen LogP contribution is 2.34. The third-order valence-corrected chi connectivity index (χ3v) is 5.35. The predicted molar refractivity (Wildman–Crippen MR) is 121 cm³/mol. The molecule has 2 unspecified atom stereocenters. The van der Waals surface area contributed by atoms with Crippen LogP contribution in [0, 0.1) is 10.1 Å². The molecular formula is C24H33N3O3. The molecule has 0 fully saturated rings. The molecule has 0 spiro atoms. The summed E-state index contributed by atoms with van der Waals surface area (Å²) in [6, 6.07) is 13.7. The molecule has 2 rings (SSSR count). The van der Waals surface area contributed by atoms with Crippen LogP contribution in [0.15, 0.2) is 58.8 Å². The Morgan fingerprint density at radius 1 is 1.00 bits per heavy atom. The molecule has 0 aliphatic heterocycles. The van der Waals surface area contributed by atoms with Crippen molar-refractivity contribution in [1.29, 1.82) is 0 Å². The maximum atomic E-state index is 11.2. The van der Waals surface area contributed by atoms with Gasteiger partial charge in [0.2, 0.25) is 0 Å². The average molecular weight is 412 g/mol. The number of azo groups is 1. The Morgan fingerprint density at radius 2 is 1.67 bits per heavy atom. The van der Waals surface area contributed by atoms with Crippen LogP contribution in [-0.4, -0.2) is 16.1 Å². The second-order valence-corrected chi connectivity index (χ2v) is 7.86. The highest BCUT2D eigenvalue weighted by Gasteiger charge is 2.19. The SMILES string of the molecule is CCCCCCCCC(CC(C)N=Nc1ccccc1[N+](=O)[O-])c1ccccc1O. The molecule has 6 heteroatoms. The molecule has 0 bridgehead atoms. The van der Waals surface area contributed by atoms with E-state index in [1.165, 1.54) is 38.2 Å². The molecule has 0 radical (unpaired) electrons. The molecule has 0 aromatic heterocycles. The largest absolute Gasteiger partial charge is 0.508 e. The zero-order valence-electron chi connectivity index (χ0n) is 18.0. The summed E-state index contributed by atoms with van der Waals surface area (Å²) in [6.07, 6.45) is 9.06. The van der Waals surface area contributed by atoms with Gasteiger partial charge in [-0.1, -0.05) is 75.8 Å². The Hall–Kier alpha value is -2.76. The van der Waals surface area contributed by atoms with Crippen molar-refractivity contribution in [3.63, 3.8) is 0 Å². The van der Waals surface area contributed by atoms with Gasteiger partial charge in [-0.05, 0) is 43.4 Å². The smallest absolute Gasteiger partial charge is 0.296 e. The first kappa shape index (κ1) is 23.5. The molecule has 6 nitrogen and oxygen atoms in total. The number of nitro groups is 1. The van der Waals surface area contributed by atoms with Crippen molar-refractivity contribution in [3.8, 4) is 5.75 Å². The van der Waals surface area contributed by atoms with Crippen molar-refractivity contribution in [1.82, 2.24) is 0 Å². The van der Waals surface area contributed by atoms with Gasteiger partial charge in [0, 0.05) is 6.07 Å². The Morgan fingerprint density at radius 3 is 2.40 bits per heavy atom. The zero-order valence-corrected chi connectivity index (χ0v) is 18.0. The van der Waals surface area contributed by atoms with Crippen molar-refractivity contribution >= 4 is 11.4 Å². The van der Waals surface area contributed by atoms with E-state index in [1.54, 1.807) is 24.3 Å². The Labute approximate surface area is 179 Å². The summed E-state index contributed by atoms with van der Waals surface area (Å²) >= 11 is 0. The fraction of sp³-hybridized carbons (Fsp3) is 0.500. The summed E-state index contributed by atoms with van der Waals surface area (Å²) in [6.45, 7) is 4.18. The number of nitrogens with zero attached hydrogens (tertiary/aromatic N) is 3. The van der Waals surface area contributed by atoms with E-state index in [0.29, 0.717) is 5.75 Å². The number of benzene rings is 2. The third kappa shape index (κ3) is 7.58. The molecule has 30 heavy (non-hydrogen) atoms. The fourth-order valence-corrected chi connectivity index (χ4v) is 3.73. The predicted octanol–water partition coefficient (Wildman–Crippen LogP) is 7.70. The van der Waals surface area contributed by atoms with Crippen LogP contribution < -0.4 is 0 Å². The van der Waals surface area contributed by atoms with E-state index in [-0.39, 0.29) is 23.3 Å². The lowest BCUT2D eigenvalue weighted by atomic mass is 9.87. The van der Waals surface area contributed by atoms with E-state index in [9.17, 15) is 15.2 Å². The number of hydrogen-bond donors (Lipinski definition) is 1. The van der Waals surface area contributed by atoms with Gasteiger partial charge in [0.1, 0.15) is 5.75 Å². The first-order valence-electron chi connectivity index (χ1n) is 10.9. The molecule has 0 saturated carbocycles. The topological polar surface area (TPSA) is 88.1 Å². The van der Waals surface area contributed by atoms with Gasteiger partial charge in [-0.3, -0.25) is 10.1 Å². The molecule has 2 aromatic carbocycles. The monoisotopic (exact) mass is 411 g/mol. The number of aromatic hydroxyl groups is 1. The van der Waals surface area contributed by atoms with E-state index < -0.39 is 4.92 Å². The van der Waals surface area contributed by atoms with Crippen LogP contribution >= 0.6 is 0 Å². The highest BCUT2D eigenvalue weighted by molar-refractivity contribution is 5.56. The quantitative estimate of drug-likeness (QED) is 0.158. The number of para-hydroxylation sites is 2.